The Balaban J connectivity index is 1.27. The van der Waals surface area contributed by atoms with Gasteiger partial charge in [-0.05, 0) is 111 Å². The summed E-state index contributed by atoms with van der Waals surface area (Å²) >= 11 is 6.53. The monoisotopic (exact) mass is 840 g/mol. The predicted molar refractivity (Wildman–Crippen MR) is 230 cm³/mol. The Morgan fingerprint density at radius 2 is 1.86 bits per heavy atom. The predicted octanol–water partition coefficient (Wildman–Crippen LogP) is 6.33. The summed E-state index contributed by atoms with van der Waals surface area (Å²) in [5.41, 5.74) is 2.79. The molecule has 11 nitrogen and oxygen atoms in total. The number of allylic oxidation sites excluding steroid dienone is 1. The van der Waals surface area contributed by atoms with E-state index in [1.165, 1.54) is 11.1 Å². The number of carbonyl (C=O) groups is 1. The molecule has 2 aromatic rings. The number of ether oxygens (including phenoxy) is 4. The lowest BCUT2D eigenvalue weighted by Crippen LogP contribution is -2.59. The number of nitrogens with zero attached hydrogens (tertiary/aromatic N) is 3. The van der Waals surface area contributed by atoms with E-state index in [9.17, 15) is 13.2 Å². The molecule has 0 radical (unpaired) electrons. The summed E-state index contributed by atoms with van der Waals surface area (Å²) in [5.74, 6) is 0.324. The SMILES string of the molecule is CCC(COC)N1CCN(C[C@]2(OC)/C=C/C[C@H](C)[C@@H](CCOC)S(=O)(=O)NC(=O)c3ccc4c(c3)N(C[C@@H]3CC[C@H]32)C[C@@]2(CCCc3cc(Cl)ccc32)CO4)CC1. The summed E-state index contributed by atoms with van der Waals surface area (Å²) < 4.78 is 55.1. The Hall–Kier alpha value is -2.71. The van der Waals surface area contributed by atoms with Crippen LogP contribution in [0.4, 0.5) is 5.69 Å². The van der Waals surface area contributed by atoms with Crippen LogP contribution in [0, 0.1) is 17.8 Å². The van der Waals surface area contributed by atoms with Gasteiger partial charge in [-0.3, -0.25) is 14.6 Å². The molecular formula is C45H65ClN4O7S. The fourth-order valence-corrected chi connectivity index (χ4v) is 12.6. The van der Waals surface area contributed by atoms with E-state index < -0.39 is 26.8 Å². The minimum Gasteiger partial charge on any atom is -0.490 e. The Morgan fingerprint density at radius 1 is 1.05 bits per heavy atom. The molecule has 13 heteroatoms. The topological polar surface area (TPSA) is 110 Å². The maximum atomic E-state index is 14.1. The number of anilines is 1. The first-order valence-electron chi connectivity index (χ1n) is 21.5. The molecule has 3 aliphatic heterocycles. The first-order valence-corrected chi connectivity index (χ1v) is 23.4. The lowest BCUT2D eigenvalue weighted by molar-refractivity contribution is -0.0970. The van der Waals surface area contributed by atoms with Crippen molar-refractivity contribution in [2.24, 2.45) is 17.8 Å². The standard InChI is InChI=1S/C45H65ClN4O7S/c1-6-37(28-55-4)49-22-20-48(21-23-49)30-45(56-5)19-7-9-32(2)42(17-24-54-3)58(52,53)47-43(51)34-12-16-41-40(26-34)50(27-35-11-14-39(35)45)29-44(31-57-41)18-8-10-33-25-36(46)13-15-38(33)44/h7,12-13,15-16,19,25-26,32,35,37,39,42H,6,8-11,14,17-18,20-24,27-31H2,1-5H3,(H,47,51)/b19-7+/t32-,35-,37?,39+,42+,44-,45+/m0/s1. The van der Waals surface area contributed by atoms with Gasteiger partial charge in [-0.25, -0.2) is 13.1 Å². The lowest BCUT2D eigenvalue weighted by Gasteiger charge is -2.52. The first-order chi connectivity index (χ1) is 27.9. The summed E-state index contributed by atoms with van der Waals surface area (Å²) in [5, 5.41) is -0.0969. The van der Waals surface area contributed by atoms with Gasteiger partial charge in [-0.2, -0.15) is 0 Å². The van der Waals surface area contributed by atoms with Crippen LogP contribution in [0.1, 0.15) is 80.3 Å². The summed E-state index contributed by atoms with van der Waals surface area (Å²) in [6.07, 6.45) is 11.3. The number of halogens is 1. The molecule has 1 amide bonds. The van der Waals surface area contributed by atoms with E-state index >= 15 is 0 Å². The van der Waals surface area contributed by atoms with Crippen LogP contribution in [0.5, 0.6) is 5.75 Å². The molecule has 1 saturated carbocycles. The minimum atomic E-state index is -4.08. The maximum absolute atomic E-state index is 14.1. The number of rotatable bonds is 10. The molecule has 320 valence electrons. The molecule has 2 aromatic carbocycles. The molecule has 1 unspecified atom stereocenters. The van der Waals surface area contributed by atoms with Crippen molar-refractivity contribution in [1.82, 2.24) is 14.5 Å². The molecule has 3 heterocycles. The second-order valence-electron chi connectivity index (χ2n) is 17.6. The smallest absolute Gasteiger partial charge is 0.264 e. The Morgan fingerprint density at radius 3 is 2.57 bits per heavy atom. The van der Waals surface area contributed by atoms with Crippen LogP contribution >= 0.6 is 11.6 Å². The van der Waals surface area contributed by atoms with Crippen LogP contribution in [0.3, 0.4) is 0 Å². The molecule has 7 rings (SSSR count). The second kappa shape index (κ2) is 18.5. The number of carbonyl (C=O) groups excluding carboxylic acids is 1. The van der Waals surface area contributed by atoms with Crippen LogP contribution in [-0.2, 0) is 36.1 Å². The van der Waals surface area contributed by atoms with Gasteiger partial charge in [0, 0.05) is 95.8 Å². The molecule has 0 aromatic heterocycles. The van der Waals surface area contributed by atoms with Crippen molar-refractivity contribution in [3.05, 3.63) is 70.3 Å². The second-order valence-corrected chi connectivity index (χ2v) is 20.0. The van der Waals surface area contributed by atoms with E-state index in [4.69, 9.17) is 30.5 Å². The van der Waals surface area contributed by atoms with Gasteiger partial charge in [0.15, 0.2) is 0 Å². The quantitative estimate of drug-likeness (QED) is 0.273. The number of methoxy groups -OCH3 is 3. The number of sulfonamides is 1. The fraction of sp³-hybridized carbons (Fsp3) is 0.667. The van der Waals surface area contributed by atoms with Crippen LogP contribution in [0.2, 0.25) is 5.02 Å². The Bertz CT molecular complexity index is 1890. The van der Waals surface area contributed by atoms with Gasteiger partial charge in [-0.1, -0.05) is 43.7 Å². The summed E-state index contributed by atoms with van der Waals surface area (Å²) in [6.45, 7) is 11.7. The maximum Gasteiger partial charge on any atom is 0.264 e. The third kappa shape index (κ3) is 8.99. The van der Waals surface area contributed by atoms with Gasteiger partial charge in [0.1, 0.15) is 11.4 Å². The van der Waals surface area contributed by atoms with Crippen molar-refractivity contribution < 1.29 is 32.2 Å². The molecule has 2 aliphatic carbocycles. The van der Waals surface area contributed by atoms with Crippen molar-refractivity contribution in [3.8, 4) is 5.75 Å². The zero-order valence-corrected chi connectivity index (χ0v) is 36.8. The van der Waals surface area contributed by atoms with Crippen LogP contribution < -0.4 is 14.4 Å². The number of fused-ring (bicyclic) bond motifs is 4. The van der Waals surface area contributed by atoms with Gasteiger partial charge in [0.25, 0.3) is 5.91 Å². The fourth-order valence-electron chi connectivity index (χ4n) is 10.7. The van der Waals surface area contributed by atoms with Crippen molar-refractivity contribution in [3.63, 3.8) is 0 Å². The summed E-state index contributed by atoms with van der Waals surface area (Å²) in [4.78, 5) is 21.5. The average molecular weight is 842 g/mol. The van der Waals surface area contributed by atoms with E-state index in [0.717, 1.165) is 95.1 Å². The van der Waals surface area contributed by atoms with Crippen molar-refractivity contribution in [2.75, 3.05) is 91.9 Å². The largest absolute Gasteiger partial charge is 0.490 e. The molecule has 1 N–H and O–H groups in total. The highest BCUT2D eigenvalue weighted by atomic mass is 35.5. The summed E-state index contributed by atoms with van der Waals surface area (Å²) in [7, 11) is 1.13. The van der Waals surface area contributed by atoms with Crippen LogP contribution in [0.15, 0.2) is 48.6 Å². The van der Waals surface area contributed by atoms with E-state index in [2.05, 4.69) is 50.6 Å². The molecule has 2 bridgehead atoms. The molecular weight excluding hydrogens is 776 g/mol. The number of amides is 1. The van der Waals surface area contributed by atoms with Crippen LogP contribution in [0.25, 0.3) is 0 Å². The van der Waals surface area contributed by atoms with Gasteiger partial charge < -0.3 is 23.8 Å². The highest BCUT2D eigenvalue weighted by Gasteiger charge is 2.50. The number of aryl methyl sites for hydroxylation is 1. The van der Waals surface area contributed by atoms with Gasteiger partial charge in [0.2, 0.25) is 10.0 Å². The molecule has 5 aliphatic rings. The highest BCUT2D eigenvalue weighted by Crippen LogP contribution is 2.49. The van der Waals surface area contributed by atoms with Gasteiger partial charge in [-0.15, -0.1) is 0 Å². The van der Waals surface area contributed by atoms with E-state index in [-0.39, 0.29) is 30.3 Å². The van der Waals surface area contributed by atoms with Crippen LogP contribution in [-0.4, -0.2) is 128 Å². The normalized spacial score (nSPS) is 31.6. The molecule has 1 saturated heterocycles. The third-order valence-electron chi connectivity index (χ3n) is 14.2. The van der Waals surface area contributed by atoms with E-state index in [1.54, 1.807) is 20.3 Å². The molecule has 2 fully saturated rings. The number of piperazine rings is 1. The third-order valence-corrected chi connectivity index (χ3v) is 16.4. The minimum absolute atomic E-state index is 0.229. The zero-order valence-electron chi connectivity index (χ0n) is 35.2. The van der Waals surface area contributed by atoms with Gasteiger partial charge in [0.05, 0.1) is 24.2 Å². The molecule has 7 atom stereocenters. The molecule has 1 spiro atoms. The van der Waals surface area contributed by atoms with E-state index in [0.29, 0.717) is 42.8 Å². The Kier molecular flexibility index (Phi) is 13.8. The van der Waals surface area contributed by atoms with E-state index in [1.807, 2.05) is 32.2 Å². The number of hydrogen-bond donors (Lipinski definition) is 1. The number of hydrogen-bond acceptors (Lipinski definition) is 10. The number of nitrogens with one attached hydrogen (secondary N) is 1. The first kappa shape index (κ1) is 43.4. The lowest BCUT2D eigenvalue weighted by atomic mass is 9.63. The highest BCUT2D eigenvalue weighted by molar-refractivity contribution is 7.90. The van der Waals surface area contributed by atoms with Crippen molar-refractivity contribution in [1.29, 1.82) is 0 Å². The number of benzene rings is 2. The summed E-state index contributed by atoms with van der Waals surface area (Å²) in [6, 6.07) is 12.1. The van der Waals surface area contributed by atoms with Gasteiger partial charge >= 0.3 is 0 Å². The van der Waals surface area contributed by atoms with Crippen molar-refractivity contribution >= 4 is 33.2 Å². The Labute approximate surface area is 351 Å². The molecule has 58 heavy (non-hydrogen) atoms. The zero-order chi connectivity index (χ0) is 41.1. The van der Waals surface area contributed by atoms with Crippen molar-refractivity contribution in [2.45, 2.75) is 87.5 Å². The average Bonchev–Trinajstić information content (AvgIpc) is 3.34.